The number of H-pyrrole nitrogens is 1. The van der Waals surface area contributed by atoms with Crippen LogP contribution in [0.15, 0.2) is 10.9 Å². The highest BCUT2D eigenvalue weighted by Crippen LogP contribution is 2.08. The van der Waals surface area contributed by atoms with E-state index in [0.717, 1.165) is 0 Å². The highest BCUT2D eigenvalue weighted by Gasteiger charge is 2.03. The predicted octanol–water partition coefficient (Wildman–Crippen LogP) is 0.233. The molecule has 0 atom stereocenters. The number of carboxylic acid groups (broad SMARTS) is 1. The standard InChI is InChI=1S/C7H8ClN3O3/c8-6-4(1-2-9-7(13)14)3-5(12)10-11-6/h3,9H,1-2H2,(H,10,12)(H,13,14). The van der Waals surface area contributed by atoms with Crippen molar-refractivity contribution in [2.45, 2.75) is 6.42 Å². The van der Waals surface area contributed by atoms with Gasteiger partial charge in [-0.05, 0) is 12.0 Å². The molecule has 0 aliphatic rings. The minimum Gasteiger partial charge on any atom is -0.465 e. The zero-order valence-corrected chi connectivity index (χ0v) is 7.84. The second-order valence-corrected chi connectivity index (χ2v) is 2.89. The number of aromatic amines is 1. The van der Waals surface area contributed by atoms with Gasteiger partial charge in [-0.3, -0.25) is 4.79 Å². The number of hydrogen-bond donors (Lipinski definition) is 3. The van der Waals surface area contributed by atoms with Crippen LogP contribution >= 0.6 is 11.6 Å². The fourth-order valence-corrected chi connectivity index (χ4v) is 1.10. The summed E-state index contributed by atoms with van der Waals surface area (Å²) in [6.45, 7) is 0.195. The Morgan fingerprint density at radius 3 is 3.07 bits per heavy atom. The fourth-order valence-electron chi connectivity index (χ4n) is 0.905. The van der Waals surface area contributed by atoms with Crippen molar-refractivity contribution in [2.75, 3.05) is 6.54 Å². The van der Waals surface area contributed by atoms with Gasteiger partial charge in [0.25, 0.3) is 5.56 Å². The monoisotopic (exact) mass is 217 g/mol. The third-order valence-corrected chi connectivity index (χ3v) is 1.83. The van der Waals surface area contributed by atoms with Crippen LogP contribution in [0.5, 0.6) is 0 Å². The van der Waals surface area contributed by atoms with Gasteiger partial charge in [-0.2, -0.15) is 5.10 Å². The van der Waals surface area contributed by atoms with Crippen LogP contribution in [-0.2, 0) is 6.42 Å². The summed E-state index contributed by atoms with van der Waals surface area (Å²) >= 11 is 5.66. The molecule has 76 valence electrons. The third-order valence-electron chi connectivity index (χ3n) is 1.51. The fraction of sp³-hybridized carbons (Fsp3) is 0.286. The molecule has 6 nitrogen and oxygen atoms in total. The second kappa shape index (κ2) is 4.61. The lowest BCUT2D eigenvalue weighted by Gasteiger charge is -2.01. The van der Waals surface area contributed by atoms with Crippen LogP contribution in [0.3, 0.4) is 0 Å². The molecule has 1 rings (SSSR count). The van der Waals surface area contributed by atoms with Gasteiger partial charge < -0.3 is 10.4 Å². The van der Waals surface area contributed by atoms with Gasteiger partial charge in [0.2, 0.25) is 0 Å². The number of rotatable bonds is 3. The molecule has 1 heterocycles. The molecular weight excluding hydrogens is 210 g/mol. The van der Waals surface area contributed by atoms with E-state index in [4.69, 9.17) is 16.7 Å². The molecule has 1 aromatic rings. The number of aromatic nitrogens is 2. The minimum absolute atomic E-state index is 0.178. The Balaban J connectivity index is 2.62. The maximum Gasteiger partial charge on any atom is 0.404 e. The van der Waals surface area contributed by atoms with Crippen molar-refractivity contribution in [3.05, 3.63) is 27.1 Å². The molecule has 0 fully saturated rings. The molecule has 0 aliphatic carbocycles. The van der Waals surface area contributed by atoms with Crippen molar-refractivity contribution in [1.29, 1.82) is 0 Å². The summed E-state index contributed by atoms with van der Waals surface area (Å²) in [5.41, 5.74) is 0.156. The van der Waals surface area contributed by atoms with Crippen LogP contribution in [0.25, 0.3) is 0 Å². The molecule has 0 saturated heterocycles. The van der Waals surface area contributed by atoms with Gasteiger partial charge in [-0.25, -0.2) is 9.89 Å². The summed E-state index contributed by atoms with van der Waals surface area (Å²) in [6, 6.07) is 1.29. The molecule has 0 aliphatic heterocycles. The molecule has 1 amide bonds. The lowest BCUT2D eigenvalue weighted by molar-refractivity contribution is 0.194. The number of hydrogen-bond acceptors (Lipinski definition) is 3. The van der Waals surface area contributed by atoms with Crippen LogP contribution in [-0.4, -0.2) is 27.9 Å². The van der Waals surface area contributed by atoms with E-state index in [1.807, 2.05) is 0 Å². The van der Waals surface area contributed by atoms with Gasteiger partial charge in [0.1, 0.15) is 0 Å². The van der Waals surface area contributed by atoms with Gasteiger partial charge in [0.05, 0.1) is 0 Å². The van der Waals surface area contributed by atoms with Crippen molar-refractivity contribution in [3.63, 3.8) is 0 Å². The maximum absolute atomic E-state index is 10.8. The Morgan fingerprint density at radius 1 is 1.71 bits per heavy atom. The first-order valence-electron chi connectivity index (χ1n) is 3.80. The van der Waals surface area contributed by atoms with Gasteiger partial charge >= 0.3 is 6.09 Å². The van der Waals surface area contributed by atoms with Crippen molar-refractivity contribution in [2.24, 2.45) is 0 Å². The van der Waals surface area contributed by atoms with Crippen LogP contribution in [0.2, 0.25) is 5.15 Å². The van der Waals surface area contributed by atoms with Crippen molar-refractivity contribution in [1.82, 2.24) is 15.5 Å². The SMILES string of the molecule is O=C(O)NCCc1cc(=O)[nH]nc1Cl. The number of amides is 1. The lowest BCUT2D eigenvalue weighted by atomic mass is 10.2. The molecule has 3 N–H and O–H groups in total. The summed E-state index contributed by atoms with van der Waals surface area (Å²) < 4.78 is 0. The molecule has 14 heavy (non-hydrogen) atoms. The minimum atomic E-state index is -1.11. The topological polar surface area (TPSA) is 95.1 Å². The van der Waals surface area contributed by atoms with E-state index in [9.17, 15) is 9.59 Å². The quantitative estimate of drug-likeness (QED) is 0.676. The van der Waals surface area contributed by atoms with Gasteiger partial charge in [-0.15, -0.1) is 0 Å². The summed E-state index contributed by atoms with van der Waals surface area (Å²) in [5, 5.41) is 16.3. The zero-order chi connectivity index (χ0) is 10.6. The number of carbonyl (C=O) groups is 1. The summed E-state index contributed by atoms with van der Waals surface area (Å²) in [6.07, 6.45) is -0.777. The Morgan fingerprint density at radius 2 is 2.43 bits per heavy atom. The lowest BCUT2D eigenvalue weighted by Crippen LogP contribution is -2.24. The summed E-state index contributed by atoms with van der Waals surface area (Å²) in [4.78, 5) is 20.9. The highest BCUT2D eigenvalue weighted by atomic mass is 35.5. The van der Waals surface area contributed by atoms with Gasteiger partial charge in [-0.1, -0.05) is 11.6 Å². The van der Waals surface area contributed by atoms with Crippen molar-refractivity contribution in [3.8, 4) is 0 Å². The Labute approximate surface area is 83.9 Å². The van der Waals surface area contributed by atoms with Crippen LogP contribution in [0, 0.1) is 0 Å². The van der Waals surface area contributed by atoms with E-state index in [0.29, 0.717) is 12.0 Å². The molecule has 0 radical (unpaired) electrons. The third kappa shape index (κ3) is 3.06. The largest absolute Gasteiger partial charge is 0.465 e. The molecule has 0 spiro atoms. The average molecular weight is 218 g/mol. The highest BCUT2D eigenvalue weighted by molar-refractivity contribution is 6.30. The van der Waals surface area contributed by atoms with E-state index in [-0.39, 0.29) is 17.3 Å². The van der Waals surface area contributed by atoms with Crippen LogP contribution in [0.4, 0.5) is 4.79 Å². The first-order chi connectivity index (χ1) is 6.59. The smallest absolute Gasteiger partial charge is 0.404 e. The van der Waals surface area contributed by atoms with E-state index in [1.54, 1.807) is 0 Å². The molecule has 0 saturated carbocycles. The normalized spacial score (nSPS) is 9.79. The van der Waals surface area contributed by atoms with Gasteiger partial charge in [0, 0.05) is 12.6 Å². The van der Waals surface area contributed by atoms with E-state index in [1.165, 1.54) is 6.07 Å². The molecule has 0 unspecified atom stereocenters. The predicted molar refractivity (Wildman–Crippen MR) is 49.6 cm³/mol. The van der Waals surface area contributed by atoms with E-state index < -0.39 is 6.09 Å². The number of nitrogens with one attached hydrogen (secondary N) is 2. The molecule has 0 bridgehead atoms. The Bertz CT molecular complexity index is 390. The van der Waals surface area contributed by atoms with Crippen molar-refractivity contribution < 1.29 is 9.90 Å². The Hall–Kier alpha value is -1.56. The number of nitrogens with zero attached hydrogens (tertiary/aromatic N) is 1. The van der Waals surface area contributed by atoms with Crippen LogP contribution < -0.4 is 10.9 Å². The maximum atomic E-state index is 10.8. The Kier molecular flexibility index (Phi) is 3.47. The second-order valence-electron chi connectivity index (χ2n) is 2.53. The van der Waals surface area contributed by atoms with E-state index in [2.05, 4.69) is 15.5 Å². The van der Waals surface area contributed by atoms with Gasteiger partial charge in [0.15, 0.2) is 5.15 Å². The summed E-state index contributed by atoms with van der Waals surface area (Å²) in [7, 11) is 0. The molecule has 1 aromatic heterocycles. The first kappa shape index (κ1) is 10.5. The average Bonchev–Trinajstić information content (AvgIpc) is 2.10. The molecular formula is C7H8ClN3O3. The van der Waals surface area contributed by atoms with E-state index >= 15 is 0 Å². The number of halogens is 1. The van der Waals surface area contributed by atoms with Crippen molar-refractivity contribution >= 4 is 17.7 Å². The summed E-state index contributed by atoms with van der Waals surface area (Å²) in [5.74, 6) is 0. The van der Waals surface area contributed by atoms with Crippen LogP contribution in [0.1, 0.15) is 5.56 Å². The zero-order valence-electron chi connectivity index (χ0n) is 7.08. The molecule has 7 heteroatoms. The molecule has 0 aromatic carbocycles. The first-order valence-corrected chi connectivity index (χ1v) is 4.18.